The minimum Gasteiger partial charge on any atom is -0.457 e. The summed E-state index contributed by atoms with van der Waals surface area (Å²) in [4.78, 5) is 12.0. The average Bonchev–Trinajstić information content (AvgIpc) is 2.68. The first-order chi connectivity index (χ1) is 14.0. The van der Waals surface area contributed by atoms with Gasteiger partial charge in [0.25, 0.3) is 5.91 Å². The second kappa shape index (κ2) is 10.4. The molecule has 0 aliphatic heterocycles. The number of amides is 1. The average molecular weight is 538 g/mol. The van der Waals surface area contributed by atoms with Gasteiger partial charge in [0.15, 0.2) is 0 Å². The topological polar surface area (TPSA) is 62.7 Å². The van der Waals surface area contributed by atoms with Gasteiger partial charge in [-0.3, -0.25) is 4.79 Å². The van der Waals surface area contributed by atoms with Gasteiger partial charge in [0, 0.05) is 14.0 Å². The van der Waals surface area contributed by atoms with Gasteiger partial charge in [0.1, 0.15) is 11.5 Å². The van der Waals surface area contributed by atoms with Gasteiger partial charge in [-0.15, -0.1) is 0 Å². The number of carbonyl (C=O) groups excluding carboxylic acids is 1. The van der Waals surface area contributed by atoms with Gasteiger partial charge < -0.3 is 10.1 Å². The van der Waals surface area contributed by atoms with Crippen molar-refractivity contribution in [2.75, 3.05) is 11.9 Å². The van der Waals surface area contributed by atoms with Crippen LogP contribution in [-0.2, 0) is 4.79 Å². The molecule has 0 aliphatic carbocycles. The van der Waals surface area contributed by atoms with E-state index >= 15 is 0 Å². The molecular formula is C21H16Br2ClN3O2. The molecule has 3 rings (SSSR count). The lowest BCUT2D eigenvalue weighted by molar-refractivity contribution is -0.119. The van der Waals surface area contributed by atoms with Crippen LogP contribution < -0.4 is 15.5 Å². The lowest BCUT2D eigenvalue weighted by Crippen LogP contribution is -2.26. The molecule has 5 nitrogen and oxygen atoms in total. The number of nitrogens with zero attached hydrogens (tertiary/aromatic N) is 1. The van der Waals surface area contributed by atoms with Gasteiger partial charge in [-0.1, -0.05) is 41.9 Å². The number of ether oxygens (including phenoxy) is 1. The van der Waals surface area contributed by atoms with E-state index in [0.29, 0.717) is 10.8 Å². The van der Waals surface area contributed by atoms with E-state index in [1.54, 1.807) is 18.3 Å². The summed E-state index contributed by atoms with van der Waals surface area (Å²) in [5.74, 6) is 1.15. The molecule has 148 valence electrons. The Labute approximate surface area is 190 Å². The molecule has 0 aliphatic rings. The fourth-order valence-electron chi connectivity index (χ4n) is 2.38. The molecule has 0 spiro atoms. The minimum absolute atomic E-state index is 0.0489. The number of hydrazone groups is 1. The van der Waals surface area contributed by atoms with Gasteiger partial charge in [-0.2, -0.15) is 5.10 Å². The predicted molar refractivity (Wildman–Crippen MR) is 124 cm³/mol. The molecule has 3 aromatic rings. The van der Waals surface area contributed by atoms with Crippen molar-refractivity contribution in [3.8, 4) is 11.5 Å². The van der Waals surface area contributed by atoms with Crippen LogP contribution in [0.15, 0.2) is 80.8 Å². The van der Waals surface area contributed by atoms with Crippen molar-refractivity contribution in [2.24, 2.45) is 5.10 Å². The fraction of sp³-hybridized carbons (Fsp3) is 0.0476. The molecule has 0 unspecified atom stereocenters. The minimum atomic E-state index is -0.285. The first-order valence-electron chi connectivity index (χ1n) is 8.54. The lowest BCUT2D eigenvalue weighted by Gasteiger charge is -2.10. The fourth-order valence-corrected chi connectivity index (χ4v) is 4.33. The molecule has 0 atom stereocenters. The highest BCUT2D eigenvalue weighted by molar-refractivity contribution is 9.11. The van der Waals surface area contributed by atoms with Crippen molar-refractivity contribution in [1.82, 2.24) is 5.43 Å². The summed E-state index contributed by atoms with van der Waals surface area (Å²) >= 11 is 12.8. The number of hydrogen-bond acceptors (Lipinski definition) is 4. The van der Waals surface area contributed by atoms with Crippen LogP contribution in [0.3, 0.4) is 0 Å². The smallest absolute Gasteiger partial charge is 0.259 e. The summed E-state index contributed by atoms with van der Waals surface area (Å²) in [6.45, 7) is 0.0489. The molecule has 0 saturated heterocycles. The van der Waals surface area contributed by atoms with Crippen molar-refractivity contribution < 1.29 is 9.53 Å². The van der Waals surface area contributed by atoms with E-state index < -0.39 is 0 Å². The van der Waals surface area contributed by atoms with Gasteiger partial charge in [0.05, 0.1) is 18.4 Å². The third-order valence-corrected chi connectivity index (χ3v) is 5.14. The van der Waals surface area contributed by atoms with Crippen LogP contribution in [-0.4, -0.2) is 18.7 Å². The zero-order valence-electron chi connectivity index (χ0n) is 15.0. The van der Waals surface area contributed by atoms with E-state index in [0.717, 1.165) is 25.9 Å². The highest BCUT2D eigenvalue weighted by Gasteiger charge is 2.08. The van der Waals surface area contributed by atoms with Gasteiger partial charge in [-0.05, 0) is 73.8 Å². The molecule has 0 aromatic heterocycles. The SMILES string of the molecule is O=C(CNc1c(Br)cc(Cl)cc1Br)N/N=C/c1cccc(Oc2ccccc2)c1. The van der Waals surface area contributed by atoms with E-state index in [9.17, 15) is 4.79 Å². The molecule has 29 heavy (non-hydrogen) atoms. The Morgan fingerprint density at radius 2 is 1.69 bits per heavy atom. The van der Waals surface area contributed by atoms with Crippen LogP contribution in [0, 0.1) is 0 Å². The van der Waals surface area contributed by atoms with Crippen LogP contribution in [0.2, 0.25) is 5.02 Å². The summed E-state index contributed by atoms with van der Waals surface area (Å²) in [5, 5.41) is 7.62. The first kappa shape index (κ1) is 21.4. The lowest BCUT2D eigenvalue weighted by atomic mass is 10.2. The Bertz CT molecular complexity index is 1010. The van der Waals surface area contributed by atoms with Crippen molar-refractivity contribution in [3.05, 3.63) is 86.3 Å². The number of anilines is 1. The summed E-state index contributed by atoms with van der Waals surface area (Å²) in [6.07, 6.45) is 1.56. The summed E-state index contributed by atoms with van der Waals surface area (Å²) in [5.41, 5.74) is 4.03. The quantitative estimate of drug-likeness (QED) is 0.278. The molecule has 0 saturated carbocycles. The van der Waals surface area contributed by atoms with Gasteiger partial charge >= 0.3 is 0 Å². The molecule has 8 heteroatoms. The van der Waals surface area contributed by atoms with Gasteiger partial charge in [-0.25, -0.2) is 5.43 Å². The zero-order valence-corrected chi connectivity index (χ0v) is 19.0. The normalized spacial score (nSPS) is 10.7. The van der Waals surface area contributed by atoms with E-state index in [1.165, 1.54) is 0 Å². The van der Waals surface area contributed by atoms with Crippen LogP contribution in [0.5, 0.6) is 11.5 Å². The predicted octanol–water partition coefficient (Wildman–Crippen LogP) is 6.22. The van der Waals surface area contributed by atoms with E-state index in [-0.39, 0.29) is 12.5 Å². The number of benzene rings is 3. The Balaban J connectivity index is 1.53. The third kappa shape index (κ3) is 6.59. The van der Waals surface area contributed by atoms with Crippen LogP contribution >= 0.6 is 43.5 Å². The Morgan fingerprint density at radius 1 is 1.00 bits per heavy atom. The highest BCUT2D eigenvalue weighted by atomic mass is 79.9. The number of nitrogens with one attached hydrogen (secondary N) is 2. The maximum absolute atomic E-state index is 12.0. The molecule has 0 heterocycles. The summed E-state index contributed by atoms with van der Waals surface area (Å²) in [6, 6.07) is 20.4. The second-order valence-electron chi connectivity index (χ2n) is 5.88. The number of hydrogen-bond donors (Lipinski definition) is 2. The van der Waals surface area contributed by atoms with Crippen LogP contribution in [0.1, 0.15) is 5.56 Å². The van der Waals surface area contributed by atoms with Crippen molar-refractivity contribution in [3.63, 3.8) is 0 Å². The number of carbonyl (C=O) groups is 1. The number of halogens is 3. The molecule has 0 radical (unpaired) electrons. The van der Waals surface area contributed by atoms with Crippen molar-refractivity contribution in [1.29, 1.82) is 0 Å². The molecule has 2 N–H and O–H groups in total. The highest BCUT2D eigenvalue weighted by Crippen LogP contribution is 2.34. The second-order valence-corrected chi connectivity index (χ2v) is 8.02. The summed E-state index contributed by atoms with van der Waals surface area (Å²) < 4.78 is 7.29. The zero-order chi connectivity index (χ0) is 20.6. The monoisotopic (exact) mass is 535 g/mol. The number of para-hydroxylation sites is 1. The molecular weight excluding hydrogens is 522 g/mol. The van der Waals surface area contributed by atoms with Crippen LogP contribution in [0.25, 0.3) is 0 Å². The molecule has 0 bridgehead atoms. The number of rotatable bonds is 7. The van der Waals surface area contributed by atoms with Crippen molar-refractivity contribution in [2.45, 2.75) is 0 Å². The van der Waals surface area contributed by atoms with E-state index in [4.69, 9.17) is 16.3 Å². The van der Waals surface area contributed by atoms with E-state index in [1.807, 2.05) is 54.6 Å². The van der Waals surface area contributed by atoms with Crippen LogP contribution in [0.4, 0.5) is 5.69 Å². The first-order valence-corrected chi connectivity index (χ1v) is 10.5. The van der Waals surface area contributed by atoms with Crippen molar-refractivity contribution >= 4 is 61.3 Å². The maximum atomic E-state index is 12.0. The Morgan fingerprint density at radius 3 is 2.41 bits per heavy atom. The summed E-state index contributed by atoms with van der Waals surface area (Å²) in [7, 11) is 0. The maximum Gasteiger partial charge on any atom is 0.259 e. The largest absolute Gasteiger partial charge is 0.457 e. The molecule has 0 fully saturated rings. The molecule has 1 amide bonds. The Hall–Kier alpha value is -2.35. The Kier molecular flexibility index (Phi) is 7.69. The van der Waals surface area contributed by atoms with Gasteiger partial charge in [0.2, 0.25) is 0 Å². The van der Waals surface area contributed by atoms with E-state index in [2.05, 4.69) is 47.7 Å². The molecule has 3 aromatic carbocycles. The standard InChI is InChI=1S/C21H16Br2ClN3O2/c22-18-10-15(24)11-19(23)21(18)25-13-20(28)27-26-12-14-5-4-8-17(9-14)29-16-6-2-1-3-7-16/h1-12,25H,13H2,(H,27,28)/b26-12+. The third-order valence-electron chi connectivity index (χ3n) is 3.67.